The number of thiol groups is 1. The van der Waals surface area contributed by atoms with Crippen LogP contribution in [0.5, 0.6) is 0 Å². The molecule has 0 aliphatic rings. The van der Waals surface area contributed by atoms with E-state index in [0.717, 1.165) is 8.95 Å². The minimum Gasteiger partial charge on any atom is -0.321 e. The zero-order valence-electron chi connectivity index (χ0n) is 9.45. The van der Waals surface area contributed by atoms with Gasteiger partial charge in [-0.15, -0.1) is 12.6 Å². The molecule has 0 heterocycles. The zero-order valence-corrected chi connectivity index (χ0v) is 14.3. The van der Waals surface area contributed by atoms with E-state index in [-0.39, 0.29) is 5.91 Å². The van der Waals surface area contributed by atoms with Crippen molar-refractivity contribution in [2.24, 2.45) is 0 Å². The summed E-state index contributed by atoms with van der Waals surface area (Å²) in [4.78, 5) is 12.9. The zero-order chi connectivity index (χ0) is 14.0. The number of carbonyl (C=O) groups excluding carboxylic acids is 1. The summed E-state index contributed by atoms with van der Waals surface area (Å²) >= 11 is 17.0. The monoisotopic (exact) mass is 419 g/mol. The van der Waals surface area contributed by atoms with E-state index in [9.17, 15) is 4.79 Å². The summed E-state index contributed by atoms with van der Waals surface area (Å²) in [7, 11) is 0. The summed E-state index contributed by atoms with van der Waals surface area (Å²) in [6.45, 7) is 0. The Hall–Kier alpha value is -0.490. The van der Waals surface area contributed by atoms with E-state index in [0.29, 0.717) is 21.2 Å². The quantitative estimate of drug-likeness (QED) is 0.624. The van der Waals surface area contributed by atoms with Crippen LogP contribution < -0.4 is 5.32 Å². The van der Waals surface area contributed by atoms with E-state index in [2.05, 4.69) is 49.8 Å². The van der Waals surface area contributed by atoms with Crippen molar-refractivity contribution >= 4 is 67.7 Å². The molecule has 0 aliphatic carbocycles. The Labute approximate surface area is 138 Å². The highest BCUT2D eigenvalue weighted by Crippen LogP contribution is 2.28. The van der Waals surface area contributed by atoms with Crippen LogP contribution in [0.25, 0.3) is 0 Å². The molecular formula is C13H8Br2ClNOS. The van der Waals surface area contributed by atoms with Crippen molar-refractivity contribution in [1.29, 1.82) is 0 Å². The molecule has 2 rings (SSSR count). The fraction of sp³-hybridized carbons (Fsp3) is 0. The SMILES string of the molecule is O=C(Nc1cc(Br)ccc1Br)c1cc(S)ccc1Cl. The van der Waals surface area contributed by atoms with E-state index < -0.39 is 0 Å². The Morgan fingerprint density at radius 3 is 2.63 bits per heavy atom. The van der Waals surface area contributed by atoms with Gasteiger partial charge in [-0.25, -0.2) is 0 Å². The second kappa shape index (κ2) is 6.31. The Morgan fingerprint density at radius 2 is 1.89 bits per heavy atom. The van der Waals surface area contributed by atoms with Gasteiger partial charge in [-0.3, -0.25) is 4.79 Å². The lowest BCUT2D eigenvalue weighted by molar-refractivity contribution is 0.102. The average molecular weight is 422 g/mol. The third-order valence-corrected chi connectivity index (χ3v) is 4.16. The molecule has 98 valence electrons. The average Bonchev–Trinajstić information content (AvgIpc) is 2.36. The lowest BCUT2D eigenvalue weighted by Gasteiger charge is -2.09. The number of anilines is 1. The second-order valence-electron chi connectivity index (χ2n) is 3.74. The molecule has 2 aromatic rings. The fourth-order valence-corrected chi connectivity index (χ4v) is 2.58. The largest absolute Gasteiger partial charge is 0.321 e. The van der Waals surface area contributed by atoms with Crippen LogP contribution in [0.1, 0.15) is 10.4 Å². The minimum atomic E-state index is -0.278. The molecule has 0 spiro atoms. The standard InChI is InChI=1S/C13H8Br2ClNOS/c14-7-1-3-10(15)12(5-7)17-13(18)9-6-8(19)2-4-11(9)16/h1-6,19H,(H,17,18). The molecular weight excluding hydrogens is 413 g/mol. The number of nitrogens with one attached hydrogen (secondary N) is 1. The first-order valence-electron chi connectivity index (χ1n) is 5.22. The Morgan fingerprint density at radius 1 is 1.16 bits per heavy atom. The van der Waals surface area contributed by atoms with Crippen LogP contribution in [0, 0.1) is 0 Å². The number of hydrogen-bond donors (Lipinski definition) is 2. The Kier molecular flexibility index (Phi) is 4.95. The van der Waals surface area contributed by atoms with Gasteiger partial charge in [0.2, 0.25) is 0 Å². The smallest absolute Gasteiger partial charge is 0.257 e. The molecule has 0 saturated heterocycles. The van der Waals surface area contributed by atoms with Gasteiger partial charge in [-0.05, 0) is 52.3 Å². The number of hydrogen-bond acceptors (Lipinski definition) is 2. The number of benzene rings is 2. The Bertz CT molecular complexity index is 649. The van der Waals surface area contributed by atoms with E-state index in [1.807, 2.05) is 12.1 Å². The molecule has 2 nitrogen and oxygen atoms in total. The molecule has 0 fully saturated rings. The predicted octanol–water partition coefficient (Wildman–Crippen LogP) is 5.41. The van der Waals surface area contributed by atoms with E-state index in [4.69, 9.17) is 11.6 Å². The maximum absolute atomic E-state index is 12.2. The van der Waals surface area contributed by atoms with Crippen molar-refractivity contribution in [3.05, 3.63) is 55.9 Å². The van der Waals surface area contributed by atoms with Crippen LogP contribution in [0.3, 0.4) is 0 Å². The second-order valence-corrected chi connectivity index (χ2v) is 6.44. The van der Waals surface area contributed by atoms with Gasteiger partial charge in [-0.2, -0.15) is 0 Å². The number of amides is 1. The fourth-order valence-electron chi connectivity index (χ4n) is 1.47. The van der Waals surface area contributed by atoms with Crippen LogP contribution in [-0.4, -0.2) is 5.91 Å². The molecule has 0 radical (unpaired) electrons. The molecule has 1 amide bonds. The summed E-state index contributed by atoms with van der Waals surface area (Å²) in [6, 6.07) is 10.5. The maximum Gasteiger partial charge on any atom is 0.257 e. The molecule has 0 atom stereocenters. The molecule has 19 heavy (non-hydrogen) atoms. The summed E-state index contributed by atoms with van der Waals surface area (Å²) in [6.07, 6.45) is 0. The summed E-state index contributed by atoms with van der Waals surface area (Å²) in [5.74, 6) is -0.278. The van der Waals surface area contributed by atoms with Gasteiger partial charge in [0.1, 0.15) is 0 Å². The van der Waals surface area contributed by atoms with Crippen molar-refractivity contribution in [3.63, 3.8) is 0 Å². The van der Waals surface area contributed by atoms with E-state index >= 15 is 0 Å². The van der Waals surface area contributed by atoms with Crippen molar-refractivity contribution in [3.8, 4) is 0 Å². The van der Waals surface area contributed by atoms with Crippen LogP contribution in [0.2, 0.25) is 5.02 Å². The molecule has 0 unspecified atom stereocenters. The van der Waals surface area contributed by atoms with E-state index in [1.165, 1.54) is 0 Å². The van der Waals surface area contributed by atoms with Gasteiger partial charge < -0.3 is 5.32 Å². The molecule has 1 N–H and O–H groups in total. The van der Waals surface area contributed by atoms with Gasteiger partial charge in [0.05, 0.1) is 16.3 Å². The van der Waals surface area contributed by atoms with E-state index in [1.54, 1.807) is 24.3 Å². The first kappa shape index (κ1) is 14.9. The summed E-state index contributed by atoms with van der Waals surface area (Å²) in [5.41, 5.74) is 1.06. The van der Waals surface area contributed by atoms with Crippen LogP contribution in [0.4, 0.5) is 5.69 Å². The van der Waals surface area contributed by atoms with Gasteiger partial charge in [0, 0.05) is 13.8 Å². The topological polar surface area (TPSA) is 29.1 Å². The molecule has 0 saturated carbocycles. The lowest BCUT2D eigenvalue weighted by Crippen LogP contribution is -2.13. The summed E-state index contributed by atoms with van der Waals surface area (Å²) < 4.78 is 1.67. The van der Waals surface area contributed by atoms with Gasteiger partial charge in [-0.1, -0.05) is 27.5 Å². The minimum absolute atomic E-state index is 0.278. The van der Waals surface area contributed by atoms with Gasteiger partial charge in [0.25, 0.3) is 5.91 Å². The van der Waals surface area contributed by atoms with Crippen molar-refractivity contribution in [2.45, 2.75) is 4.90 Å². The van der Waals surface area contributed by atoms with Crippen LogP contribution in [0.15, 0.2) is 50.2 Å². The van der Waals surface area contributed by atoms with Crippen molar-refractivity contribution in [1.82, 2.24) is 0 Å². The molecule has 0 aliphatic heterocycles. The number of carbonyl (C=O) groups is 1. The Balaban J connectivity index is 2.30. The maximum atomic E-state index is 12.2. The van der Waals surface area contributed by atoms with Crippen LogP contribution in [-0.2, 0) is 0 Å². The first-order valence-corrected chi connectivity index (χ1v) is 7.63. The number of halogens is 3. The number of rotatable bonds is 2. The lowest BCUT2D eigenvalue weighted by atomic mass is 10.2. The van der Waals surface area contributed by atoms with Crippen molar-refractivity contribution in [2.75, 3.05) is 5.32 Å². The third-order valence-electron chi connectivity index (χ3n) is 2.37. The van der Waals surface area contributed by atoms with Crippen molar-refractivity contribution < 1.29 is 4.79 Å². The summed E-state index contributed by atoms with van der Waals surface area (Å²) in [5, 5.41) is 3.19. The van der Waals surface area contributed by atoms with Gasteiger partial charge in [0.15, 0.2) is 0 Å². The highest BCUT2D eigenvalue weighted by Gasteiger charge is 2.12. The highest BCUT2D eigenvalue weighted by molar-refractivity contribution is 9.11. The highest BCUT2D eigenvalue weighted by atomic mass is 79.9. The predicted molar refractivity (Wildman–Crippen MR) is 88.5 cm³/mol. The molecule has 0 bridgehead atoms. The van der Waals surface area contributed by atoms with Gasteiger partial charge >= 0.3 is 0 Å². The molecule has 6 heteroatoms. The normalized spacial score (nSPS) is 10.3. The van der Waals surface area contributed by atoms with Crippen LogP contribution >= 0.6 is 56.1 Å². The molecule has 0 aromatic heterocycles. The molecule has 2 aromatic carbocycles. The first-order chi connectivity index (χ1) is 8.97. The third kappa shape index (κ3) is 3.75.